The molecular formula is C36H52F6N10O12. The fourth-order valence-electron chi connectivity index (χ4n) is 5.16. The molecule has 0 radical (unpaired) electrons. The van der Waals surface area contributed by atoms with E-state index >= 15 is 0 Å². The third kappa shape index (κ3) is 22.9. The topological polar surface area (TPSA) is 368 Å². The van der Waals surface area contributed by atoms with Crippen LogP contribution >= 0.6 is 0 Å². The first-order valence-corrected chi connectivity index (χ1v) is 18.9. The second kappa shape index (κ2) is 27.3. The Bertz CT molecular complexity index is 1820. The van der Waals surface area contributed by atoms with Crippen LogP contribution in [0.4, 0.5) is 32.0 Å². The maximum Gasteiger partial charge on any atom is 0.490 e. The van der Waals surface area contributed by atoms with Crippen molar-refractivity contribution >= 4 is 65.0 Å². The molecule has 2 rings (SSSR count). The van der Waals surface area contributed by atoms with E-state index in [9.17, 15) is 65.0 Å². The molecule has 64 heavy (non-hydrogen) atoms. The van der Waals surface area contributed by atoms with Crippen LogP contribution in [0.2, 0.25) is 0 Å². The first-order chi connectivity index (χ1) is 29.5. The molecule has 1 aliphatic heterocycles. The van der Waals surface area contributed by atoms with Crippen LogP contribution in [0.5, 0.6) is 0 Å². The van der Waals surface area contributed by atoms with E-state index in [0.29, 0.717) is 18.5 Å². The molecule has 6 amide bonds. The van der Waals surface area contributed by atoms with Gasteiger partial charge in [0, 0.05) is 37.8 Å². The molecule has 1 aromatic rings. The summed E-state index contributed by atoms with van der Waals surface area (Å²) in [6.45, 7) is 3.25. The van der Waals surface area contributed by atoms with Crippen molar-refractivity contribution < 1.29 is 84.8 Å². The average Bonchev–Trinajstić information content (AvgIpc) is 3.17. The van der Waals surface area contributed by atoms with E-state index in [0.717, 1.165) is 12.8 Å². The number of amides is 6. The Kier molecular flexibility index (Phi) is 24.5. The number of nitrogens with one attached hydrogen (secondary N) is 5. The summed E-state index contributed by atoms with van der Waals surface area (Å²) >= 11 is 0. The van der Waals surface area contributed by atoms with Crippen molar-refractivity contribution in [2.75, 3.05) is 32.0 Å². The summed E-state index contributed by atoms with van der Waals surface area (Å²) in [6.07, 6.45) is -8.25. The molecule has 0 saturated carbocycles. The largest absolute Gasteiger partial charge is 0.490 e. The number of nitrogens with zero attached hydrogens (tertiary/aromatic N) is 2. The summed E-state index contributed by atoms with van der Waals surface area (Å²) in [7, 11) is 1.39. The Balaban J connectivity index is 0.00000243. The van der Waals surface area contributed by atoms with Gasteiger partial charge >= 0.3 is 30.3 Å². The number of hydrogen-bond acceptors (Lipinski definition) is 11. The minimum atomic E-state index is -5.08. The van der Waals surface area contributed by atoms with Gasteiger partial charge in [-0.15, -0.1) is 0 Å². The van der Waals surface area contributed by atoms with Gasteiger partial charge in [0.15, 0.2) is 5.96 Å². The number of carbonyl (C=O) groups excluding carboxylic acids is 6. The SMILES string of the molecule is CC(C)[C@H]1NC(=O)c2cc(cc(NC(=O)CCCCCN)c2)CNC(=O)[C@H](CC(=O)O)NC(=O)CNC(=O)[C@H](CCCN=C(N)N)N(C)C1=O.O=C(O)C(F)(F)F.O=C(O)C(F)(F)F. The van der Waals surface area contributed by atoms with Crippen LogP contribution in [-0.2, 0) is 44.9 Å². The van der Waals surface area contributed by atoms with E-state index in [1.807, 2.05) is 0 Å². The molecule has 2 bridgehead atoms. The Morgan fingerprint density at radius 2 is 1.41 bits per heavy atom. The molecule has 1 aromatic carbocycles. The van der Waals surface area contributed by atoms with Gasteiger partial charge in [-0.3, -0.25) is 38.6 Å². The highest BCUT2D eigenvalue weighted by molar-refractivity contribution is 6.01. The average molecular weight is 931 g/mol. The fourth-order valence-corrected chi connectivity index (χ4v) is 5.16. The summed E-state index contributed by atoms with van der Waals surface area (Å²) in [4.78, 5) is 114. The van der Waals surface area contributed by atoms with E-state index in [-0.39, 0.29) is 55.5 Å². The Morgan fingerprint density at radius 1 is 0.844 bits per heavy atom. The zero-order valence-electron chi connectivity index (χ0n) is 34.7. The molecule has 22 nitrogen and oxygen atoms in total. The number of carboxylic acid groups (broad SMARTS) is 3. The van der Waals surface area contributed by atoms with Crippen LogP contribution in [0.25, 0.3) is 0 Å². The van der Waals surface area contributed by atoms with Crippen molar-refractivity contribution in [1.29, 1.82) is 0 Å². The van der Waals surface area contributed by atoms with Crippen molar-refractivity contribution in [1.82, 2.24) is 26.2 Å². The lowest BCUT2D eigenvalue weighted by atomic mass is 9.99. The van der Waals surface area contributed by atoms with Gasteiger partial charge in [-0.1, -0.05) is 20.3 Å². The van der Waals surface area contributed by atoms with Gasteiger partial charge in [0.25, 0.3) is 5.91 Å². The zero-order valence-corrected chi connectivity index (χ0v) is 34.7. The normalized spacial score (nSPS) is 17.6. The van der Waals surface area contributed by atoms with Gasteiger partial charge in [0.05, 0.1) is 13.0 Å². The van der Waals surface area contributed by atoms with Crippen molar-refractivity contribution in [2.45, 2.75) is 95.8 Å². The van der Waals surface area contributed by atoms with E-state index in [4.69, 9.17) is 37.0 Å². The number of guanidine groups is 1. The Hall–Kier alpha value is -6.74. The monoisotopic (exact) mass is 930 g/mol. The van der Waals surface area contributed by atoms with Crippen molar-refractivity contribution in [3.63, 3.8) is 0 Å². The quantitative estimate of drug-likeness (QED) is 0.0526. The molecular weight excluding hydrogens is 878 g/mol. The summed E-state index contributed by atoms with van der Waals surface area (Å²) in [6, 6.07) is 0.681. The summed E-state index contributed by atoms with van der Waals surface area (Å²) in [5.74, 6) is -11.4. The summed E-state index contributed by atoms with van der Waals surface area (Å²) in [5, 5.41) is 36.5. The second-order valence-corrected chi connectivity index (χ2v) is 13.9. The number of rotatable bonds is 13. The molecule has 0 aromatic heterocycles. The number of anilines is 1. The first-order valence-electron chi connectivity index (χ1n) is 18.9. The summed E-state index contributed by atoms with van der Waals surface area (Å²) in [5.41, 5.74) is 17.0. The molecule has 3 atom stereocenters. The van der Waals surface area contributed by atoms with E-state index in [2.05, 4.69) is 31.6 Å². The smallest absolute Gasteiger partial charge is 0.481 e. The van der Waals surface area contributed by atoms with Gasteiger partial charge in [0.1, 0.15) is 18.1 Å². The lowest BCUT2D eigenvalue weighted by Crippen LogP contribution is -2.57. The van der Waals surface area contributed by atoms with Crippen molar-refractivity contribution in [3.05, 3.63) is 29.3 Å². The maximum absolute atomic E-state index is 13.9. The fraction of sp³-hybridized carbons (Fsp3) is 0.556. The number of aliphatic carboxylic acids is 3. The highest BCUT2D eigenvalue weighted by atomic mass is 19.4. The summed E-state index contributed by atoms with van der Waals surface area (Å²) < 4.78 is 63.5. The van der Waals surface area contributed by atoms with Crippen LogP contribution in [0.15, 0.2) is 23.2 Å². The number of hydrogen-bond donors (Lipinski definition) is 11. The third-order valence-electron chi connectivity index (χ3n) is 8.32. The van der Waals surface area contributed by atoms with Crippen LogP contribution in [-0.4, -0.2) is 137 Å². The van der Waals surface area contributed by atoms with Crippen molar-refractivity contribution in [2.24, 2.45) is 28.1 Å². The standard InChI is InChI=1S/C32H50N10O8.2C2HF3O2/c1-18(2)27-31(50)42(3)23(8-7-11-36-32(34)35)30(49)38-17-25(44)40-22(15-26(45)46)29(48)37-16-19-12-20(28(47)41-27)14-21(13-19)39-24(43)9-5-4-6-10-33;2*3-2(4,5)1(6)7/h12-14,18,22-23,27H,4-11,15-17,33H2,1-3H3,(H,37,48)(H,38,49)(H,39,43)(H,40,44)(H,41,47)(H,45,46)(H4,34,35,36);2*(H,6,7)/t22-,23-,27+;;/m0../s1. The van der Waals surface area contributed by atoms with E-state index < -0.39 is 96.8 Å². The minimum absolute atomic E-state index is 0.0549. The van der Waals surface area contributed by atoms with Gasteiger partial charge < -0.3 is 64.0 Å². The minimum Gasteiger partial charge on any atom is -0.481 e. The van der Waals surface area contributed by atoms with Crippen LogP contribution in [0.3, 0.4) is 0 Å². The van der Waals surface area contributed by atoms with Crippen LogP contribution in [0.1, 0.15) is 74.7 Å². The predicted molar refractivity (Wildman–Crippen MR) is 212 cm³/mol. The number of likely N-dealkylation sites (N-methyl/N-ethyl adjacent to an activating group) is 1. The third-order valence-corrected chi connectivity index (χ3v) is 8.32. The molecule has 0 saturated heterocycles. The molecule has 0 unspecified atom stereocenters. The number of aliphatic imine (C=N–C) groups is 1. The Morgan fingerprint density at radius 3 is 1.91 bits per heavy atom. The number of halogens is 6. The molecule has 360 valence electrons. The van der Waals surface area contributed by atoms with Gasteiger partial charge in [-0.05, 0) is 61.9 Å². The zero-order chi connectivity index (χ0) is 49.5. The number of benzene rings is 1. The van der Waals surface area contributed by atoms with Crippen LogP contribution < -0.4 is 43.8 Å². The number of nitrogens with two attached hydrogens (primary N) is 3. The van der Waals surface area contributed by atoms with Gasteiger partial charge in [-0.2, -0.15) is 26.3 Å². The predicted octanol–water partition coefficient (Wildman–Crippen LogP) is -0.249. The number of carboxylic acids is 3. The van der Waals surface area contributed by atoms with Crippen molar-refractivity contribution in [3.8, 4) is 0 Å². The van der Waals surface area contributed by atoms with E-state index in [1.54, 1.807) is 19.9 Å². The molecule has 0 fully saturated rings. The Labute approximate surface area is 361 Å². The molecule has 28 heteroatoms. The van der Waals surface area contributed by atoms with Gasteiger partial charge in [-0.25, -0.2) is 9.59 Å². The number of alkyl halides is 6. The molecule has 0 spiro atoms. The highest BCUT2D eigenvalue weighted by Crippen LogP contribution is 2.19. The molecule has 1 aliphatic rings. The lowest BCUT2D eigenvalue weighted by molar-refractivity contribution is -0.193. The lowest BCUT2D eigenvalue weighted by Gasteiger charge is -2.32. The second-order valence-electron chi connectivity index (χ2n) is 13.9. The molecule has 1 heterocycles. The number of carbonyl (C=O) groups is 9. The van der Waals surface area contributed by atoms with E-state index in [1.165, 1.54) is 24.1 Å². The molecule has 14 N–H and O–H groups in total. The number of fused-ring (bicyclic) bond motifs is 2. The first kappa shape index (κ1) is 57.3. The number of unbranched alkanes of at least 4 members (excludes halogenated alkanes) is 2. The maximum atomic E-state index is 13.9. The molecule has 0 aliphatic carbocycles. The van der Waals surface area contributed by atoms with Gasteiger partial charge in [0.2, 0.25) is 29.5 Å². The van der Waals surface area contributed by atoms with Crippen LogP contribution in [0, 0.1) is 5.92 Å². The highest BCUT2D eigenvalue weighted by Gasteiger charge is 2.39.